The molecule has 0 spiro atoms. The molecule has 0 aromatic carbocycles. The van der Waals surface area contributed by atoms with Crippen LogP contribution < -0.4 is 4.74 Å². The average Bonchev–Trinajstić information content (AvgIpc) is 2.98. The van der Waals surface area contributed by atoms with Gasteiger partial charge in [-0.1, -0.05) is 6.92 Å². The molecule has 2 rings (SSSR count). The van der Waals surface area contributed by atoms with Crippen LogP contribution in [-0.4, -0.2) is 35.9 Å². The molecular formula is C13H20N2O3. The van der Waals surface area contributed by atoms with E-state index in [2.05, 4.69) is 12.0 Å². The Balaban J connectivity index is 2.13. The number of nitrogens with zero attached hydrogens (tertiary/aromatic N) is 2. The van der Waals surface area contributed by atoms with E-state index in [-0.39, 0.29) is 5.78 Å². The molecule has 2 heterocycles. The number of Topliss-reactive ketones (excluding diaryl/α,β-unsaturated/α-hetero) is 1. The molecule has 0 aliphatic carbocycles. The monoisotopic (exact) mass is 252 g/mol. The summed E-state index contributed by atoms with van der Waals surface area (Å²) in [5, 5.41) is 4.21. The minimum atomic E-state index is 0.105. The van der Waals surface area contributed by atoms with Crippen molar-refractivity contribution < 1.29 is 14.3 Å². The molecule has 1 aliphatic rings. The van der Waals surface area contributed by atoms with Gasteiger partial charge in [0.15, 0.2) is 11.5 Å². The molecule has 1 atom stereocenters. The zero-order valence-electron chi connectivity index (χ0n) is 11.0. The van der Waals surface area contributed by atoms with Crippen LogP contribution in [0.15, 0.2) is 6.20 Å². The van der Waals surface area contributed by atoms with Gasteiger partial charge in [-0.2, -0.15) is 5.10 Å². The highest BCUT2D eigenvalue weighted by Crippen LogP contribution is 2.24. The van der Waals surface area contributed by atoms with Crippen LogP contribution in [0, 0.1) is 5.92 Å². The summed E-state index contributed by atoms with van der Waals surface area (Å²) in [6.07, 6.45) is 4.05. The number of rotatable bonds is 6. The second kappa shape index (κ2) is 6.00. The molecule has 1 aliphatic heterocycles. The number of methoxy groups -OCH3 is 1. The zero-order chi connectivity index (χ0) is 13.0. The first-order chi connectivity index (χ1) is 8.76. The number of carbonyl (C=O) groups excluding carboxylic acids is 1. The van der Waals surface area contributed by atoms with E-state index in [4.69, 9.17) is 9.47 Å². The number of hydrogen-bond acceptors (Lipinski definition) is 4. The van der Waals surface area contributed by atoms with Crippen molar-refractivity contribution in [2.75, 3.05) is 20.3 Å². The standard InChI is InChI=1S/C13H20N2O3/c1-3-5-15-13(12(17-2)8-14-15)11(16)7-10-4-6-18-9-10/h8,10H,3-7,9H2,1-2H3. The summed E-state index contributed by atoms with van der Waals surface area (Å²) in [6.45, 7) is 4.26. The van der Waals surface area contributed by atoms with Gasteiger partial charge in [0, 0.05) is 26.2 Å². The summed E-state index contributed by atoms with van der Waals surface area (Å²) >= 11 is 0. The molecule has 1 fully saturated rings. The van der Waals surface area contributed by atoms with E-state index >= 15 is 0 Å². The lowest BCUT2D eigenvalue weighted by Gasteiger charge is -2.10. The predicted octanol–water partition coefficient (Wildman–Crippen LogP) is 1.91. The van der Waals surface area contributed by atoms with Crippen molar-refractivity contribution in [3.63, 3.8) is 0 Å². The number of ketones is 1. The Morgan fingerprint density at radius 2 is 2.50 bits per heavy atom. The van der Waals surface area contributed by atoms with E-state index in [0.29, 0.717) is 30.4 Å². The van der Waals surface area contributed by atoms with Crippen LogP contribution in [-0.2, 0) is 11.3 Å². The Hall–Kier alpha value is -1.36. The Bertz CT molecular complexity index is 408. The van der Waals surface area contributed by atoms with Gasteiger partial charge in [-0.15, -0.1) is 0 Å². The van der Waals surface area contributed by atoms with E-state index < -0.39 is 0 Å². The van der Waals surface area contributed by atoms with Crippen LogP contribution in [0.5, 0.6) is 5.75 Å². The van der Waals surface area contributed by atoms with Gasteiger partial charge in [-0.25, -0.2) is 0 Å². The lowest BCUT2D eigenvalue weighted by Crippen LogP contribution is -2.15. The maximum Gasteiger partial charge on any atom is 0.185 e. The summed E-state index contributed by atoms with van der Waals surface area (Å²) in [6, 6.07) is 0. The number of aryl methyl sites for hydroxylation is 1. The van der Waals surface area contributed by atoms with E-state index in [0.717, 1.165) is 26.0 Å². The maximum atomic E-state index is 12.3. The lowest BCUT2D eigenvalue weighted by molar-refractivity contribution is 0.0939. The van der Waals surface area contributed by atoms with Gasteiger partial charge < -0.3 is 9.47 Å². The molecular weight excluding hydrogens is 232 g/mol. The van der Waals surface area contributed by atoms with Crippen LogP contribution >= 0.6 is 0 Å². The smallest absolute Gasteiger partial charge is 0.185 e. The first-order valence-corrected chi connectivity index (χ1v) is 6.47. The molecule has 1 aromatic heterocycles. The van der Waals surface area contributed by atoms with Crippen molar-refractivity contribution in [3.05, 3.63) is 11.9 Å². The number of aromatic nitrogens is 2. The van der Waals surface area contributed by atoms with E-state index in [1.54, 1.807) is 18.0 Å². The van der Waals surface area contributed by atoms with Crippen molar-refractivity contribution in [3.8, 4) is 5.75 Å². The van der Waals surface area contributed by atoms with Gasteiger partial charge in [0.05, 0.1) is 13.3 Å². The van der Waals surface area contributed by atoms with Gasteiger partial charge in [-0.3, -0.25) is 9.48 Å². The molecule has 5 nitrogen and oxygen atoms in total. The largest absolute Gasteiger partial charge is 0.493 e. The van der Waals surface area contributed by atoms with Gasteiger partial charge in [0.2, 0.25) is 0 Å². The van der Waals surface area contributed by atoms with Gasteiger partial charge in [-0.05, 0) is 18.8 Å². The SMILES string of the molecule is CCCn1ncc(OC)c1C(=O)CC1CCOC1. The minimum Gasteiger partial charge on any atom is -0.493 e. The van der Waals surface area contributed by atoms with Crippen LogP contribution in [0.4, 0.5) is 0 Å². The molecule has 0 bridgehead atoms. The normalized spacial score (nSPS) is 19.1. The van der Waals surface area contributed by atoms with E-state index in [1.807, 2.05) is 0 Å². The maximum absolute atomic E-state index is 12.3. The molecule has 1 aromatic rings. The topological polar surface area (TPSA) is 53.4 Å². The molecule has 5 heteroatoms. The predicted molar refractivity (Wildman–Crippen MR) is 66.9 cm³/mol. The van der Waals surface area contributed by atoms with Crippen LogP contribution in [0.25, 0.3) is 0 Å². The highest BCUT2D eigenvalue weighted by atomic mass is 16.5. The molecule has 1 saturated heterocycles. The Morgan fingerprint density at radius 3 is 3.11 bits per heavy atom. The van der Waals surface area contributed by atoms with Crippen molar-refractivity contribution in [2.24, 2.45) is 5.92 Å². The van der Waals surface area contributed by atoms with Crippen LogP contribution in [0.2, 0.25) is 0 Å². The summed E-state index contributed by atoms with van der Waals surface area (Å²) in [5.41, 5.74) is 0.603. The zero-order valence-corrected chi connectivity index (χ0v) is 11.0. The molecule has 0 radical (unpaired) electrons. The molecule has 0 saturated carbocycles. The summed E-state index contributed by atoms with van der Waals surface area (Å²) in [5.74, 6) is 1.02. The highest BCUT2D eigenvalue weighted by molar-refractivity contribution is 5.97. The lowest BCUT2D eigenvalue weighted by atomic mass is 10.00. The first kappa shape index (κ1) is 13.1. The molecule has 1 unspecified atom stereocenters. The fraction of sp³-hybridized carbons (Fsp3) is 0.692. The van der Waals surface area contributed by atoms with Crippen molar-refractivity contribution in [2.45, 2.75) is 32.7 Å². The third kappa shape index (κ3) is 2.72. The van der Waals surface area contributed by atoms with Crippen LogP contribution in [0.3, 0.4) is 0 Å². The summed E-state index contributed by atoms with van der Waals surface area (Å²) in [7, 11) is 1.57. The fourth-order valence-electron chi connectivity index (χ4n) is 2.28. The van der Waals surface area contributed by atoms with Gasteiger partial charge in [0.25, 0.3) is 0 Å². The second-order valence-electron chi connectivity index (χ2n) is 4.64. The summed E-state index contributed by atoms with van der Waals surface area (Å²) < 4.78 is 12.3. The minimum absolute atomic E-state index is 0.105. The molecule has 18 heavy (non-hydrogen) atoms. The number of ether oxygens (including phenoxy) is 2. The van der Waals surface area contributed by atoms with E-state index in [9.17, 15) is 4.79 Å². The fourth-order valence-corrected chi connectivity index (χ4v) is 2.28. The van der Waals surface area contributed by atoms with Crippen molar-refractivity contribution >= 4 is 5.78 Å². The van der Waals surface area contributed by atoms with E-state index in [1.165, 1.54) is 0 Å². The third-order valence-corrected chi connectivity index (χ3v) is 3.22. The number of carbonyl (C=O) groups is 1. The molecule has 0 amide bonds. The average molecular weight is 252 g/mol. The Labute approximate surface area is 107 Å². The quantitative estimate of drug-likeness (QED) is 0.726. The third-order valence-electron chi connectivity index (χ3n) is 3.22. The summed E-state index contributed by atoms with van der Waals surface area (Å²) in [4.78, 5) is 12.3. The van der Waals surface area contributed by atoms with Crippen molar-refractivity contribution in [1.29, 1.82) is 0 Å². The van der Waals surface area contributed by atoms with Gasteiger partial charge in [0.1, 0.15) is 5.69 Å². The highest BCUT2D eigenvalue weighted by Gasteiger charge is 2.24. The van der Waals surface area contributed by atoms with Gasteiger partial charge >= 0.3 is 0 Å². The number of hydrogen-bond donors (Lipinski definition) is 0. The second-order valence-corrected chi connectivity index (χ2v) is 4.64. The molecule has 100 valence electrons. The first-order valence-electron chi connectivity index (χ1n) is 6.47. The van der Waals surface area contributed by atoms with Crippen molar-refractivity contribution in [1.82, 2.24) is 9.78 Å². The Kier molecular flexibility index (Phi) is 4.36. The van der Waals surface area contributed by atoms with Crippen LogP contribution in [0.1, 0.15) is 36.7 Å². The molecule has 0 N–H and O–H groups in total. The Morgan fingerprint density at radius 1 is 1.67 bits per heavy atom.